The monoisotopic (exact) mass is 256 g/mol. The zero-order valence-electron chi connectivity index (χ0n) is 9.48. The molecule has 2 amide bonds. The molecule has 0 aliphatic carbocycles. The van der Waals surface area contributed by atoms with Crippen LogP contribution in [0.4, 0.5) is 0 Å². The van der Waals surface area contributed by atoms with Crippen LogP contribution in [0, 0.1) is 5.92 Å². The van der Waals surface area contributed by atoms with Crippen LogP contribution in [0.15, 0.2) is 12.4 Å². The number of hydrogen-bond donors (Lipinski definition) is 2. The van der Waals surface area contributed by atoms with E-state index in [-0.39, 0.29) is 16.8 Å². The summed E-state index contributed by atoms with van der Waals surface area (Å²) in [7, 11) is 0. The summed E-state index contributed by atoms with van der Waals surface area (Å²) in [5.41, 5.74) is 5.26. The molecule has 0 bridgehead atoms. The molecule has 0 aliphatic heterocycles. The first-order valence-corrected chi connectivity index (χ1v) is 5.37. The van der Waals surface area contributed by atoms with E-state index in [1.807, 2.05) is 0 Å². The normalized spacial score (nSPS) is 12.2. The van der Waals surface area contributed by atoms with Gasteiger partial charge in [-0.25, -0.2) is 9.97 Å². The maximum absolute atomic E-state index is 11.7. The smallest absolute Gasteiger partial charge is 0.272 e. The molecular weight excluding hydrogens is 244 g/mol. The highest BCUT2D eigenvalue weighted by molar-refractivity contribution is 6.29. The van der Waals surface area contributed by atoms with Gasteiger partial charge in [-0.1, -0.05) is 25.4 Å². The van der Waals surface area contributed by atoms with Gasteiger partial charge >= 0.3 is 0 Å². The molecule has 1 aromatic rings. The number of amides is 2. The molecule has 17 heavy (non-hydrogen) atoms. The molecule has 1 rings (SSSR count). The van der Waals surface area contributed by atoms with Crippen molar-refractivity contribution in [1.82, 2.24) is 15.3 Å². The zero-order chi connectivity index (χ0) is 13.0. The van der Waals surface area contributed by atoms with Gasteiger partial charge in [0.15, 0.2) is 0 Å². The average molecular weight is 257 g/mol. The van der Waals surface area contributed by atoms with Crippen LogP contribution in [0.25, 0.3) is 0 Å². The molecule has 0 saturated heterocycles. The van der Waals surface area contributed by atoms with Crippen molar-refractivity contribution in [3.63, 3.8) is 0 Å². The second-order valence-electron chi connectivity index (χ2n) is 3.82. The van der Waals surface area contributed by atoms with E-state index in [0.717, 1.165) is 0 Å². The predicted octanol–water partition coefficient (Wildman–Crippen LogP) is 0.370. The first-order valence-electron chi connectivity index (χ1n) is 4.99. The standard InChI is InChI=1S/C10H13ClN4O2/c1-5(2)8(9(12)16)15-10(17)6-3-14-7(11)4-13-6/h3-5,8H,1-2H3,(H2,12,16)(H,15,17). The fraction of sp³-hybridized carbons (Fsp3) is 0.400. The summed E-state index contributed by atoms with van der Waals surface area (Å²) in [6.07, 6.45) is 2.49. The SMILES string of the molecule is CC(C)C(NC(=O)c1cnc(Cl)cn1)C(N)=O. The molecule has 1 unspecified atom stereocenters. The van der Waals surface area contributed by atoms with E-state index >= 15 is 0 Å². The summed E-state index contributed by atoms with van der Waals surface area (Å²) in [6, 6.07) is -0.736. The van der Waals surface area contributed by atoms with E-state index in [2.05, 4.69) is 15.3 Å². The summed E-state index contributed by atoms with van der Waals surface area (Å²) in [6.45, 7) is 3.56. The van der Waals surface area contributed by atoms with Crippen molar-refractivity contribution in [3.8, 4) is 0 Å². The lowest BCUT2D eigenvalue weighted by atomic mass is 10.0. The predicted molar refractivity (Wildman–Crippen MR) is 62.3 cm³/mol. The van der Waals surface area contributed by atoms with Gasteiger partial charge in [-0.3, -0.25) is 9.59 Å². The number of rotatable bonds is 4. The quantitative estimate of drug-likeness (QED) is 0.813. The van der Waals surface area contributed by atoms with Crippen molar-refractivity contribution in [3.05, 3.63) is 23.2 Å². The van der Waals surface area contributed by atoms with E-state index in [0.29, 0.717) is 0 Å². The number of primary amides is 1. The molecular formula is C10H13ClN4O2. The highest BCUT2D eigenvalue weighted by Gasteiger charge is 2.22. The number of nitrogens with zero attached hydrogens (tertiary/aromatic N) is 2. The largest absolute Gasteiger partial charge is 0.368 e. The lowest BCUT2D eigenvalue weighted by molar-refractivity contribution is -0.120. The first kappa shape index (κ1) is 13.4. The summed E-state index contributed by atoms with van der Waals surface area (Å²) in [5, 5.41) is 2.68. The van der Waals surface area contributed by atoms with Crippen LogP contribution in [0.5, 0.6) is 0 Å². The van der Waals surface area contributed by atoms with Gasteiger partial charge in [0, 0.05) is 0 Å². The van der Waals surface area contributed by atoms with Crippen molar-refractivity contribution in [2.75, 3.05) is 0 Å². The Morgan fingerprint density at radius 3 is 2.41 bits per heavy atom. The van der Waals surface area contributed by atoms with Gasteiger partial charge in [0.1, 0.15) is 16.9 Å². The Kier molecular flexibility index (Phi) is 4.39. The van der Waals surface area contributed by atoms with E-state index in [1.165, 1.54) is 12.4 Å². The third kappa shape index (κ3) is 3.67. The minimum absolute atomic E-state index is 0.0845. The molecule has 0 fully saturated rings. The number of nitrogens with two attached hydrogens (primary N) is 1. The highest BCUT2D eigenvalue weighted by Crippen LogP contribution is 2.04. The first-order chi connectivity index (χ1) is 7.91. The number of nitrogens with one attached hydrogen (secondary N) is 1. The van der Waals surface area contributed by atoms with Crippen molar-refractivity contribution in [2.24, 2.45) is 11.7 Å². The molecule has 0 aliphatic rings. The molecule has 0 radical (unpaired) electrons. The van der Waals surface area contributed by atoms with Crippen LogP contribution in [0.2, 0.25) is 5.15 Å². The second-order valence-corrected chi connectivity index (χ2v) is 4.21. The number of carbonyl (C=O) groups is 2. The molecule has 0 spiro atoms. The van der Waals surface area contributed by atoms with E-state index in [9.17, 15) is 9.59 Å². The third-order valence-electron chi connectivity index (χ3n) is 2.11. The Balaban J connectivity index is 2.77. The van der Waals surface area contributed by atoms with Gasteiger partial charge < -0.3 is 11.1 Å². The maximum atomic E-state index is 11.7. The molecule has 92 valence electrons. The Bertz CT molecular complexity index is 419. The van der Waals surface area contributed by atoms with Crippen LogP contribution < -0.4 is 11.1 Å². The number of aromatic nitrogens is 2. The Morgan fingerprint density at radius 1 is 1.35 bits per heavy atom. The van der Waals surface area contributed by atoms with Crippen molar-refractivity contribution in [1.29, 1.82) is 0 Å². The van der Waals surface area contributed by atoms with E-state index in [1.54, 1.807) is 13.8 Å². The van der Waals surface area contributed by atoms with Crippen LogP contribution in [-0.4, -0.2) is 27.8 Å². The Labute approximate surface area is 104 Å². The van der Waals surface area contributed by atoms with Crippen LogP contribution in [0.1, 0.15) is 24.3 Å². The van der Waals surface area contributed by atoms with E-state index < -0.39 is 17.9 Å². The summed E-state index contributed by atoms with van der Waals surface area (Å²) in [5.74, 6) is -1.20. The Morgan fingerprint density at radius 2 is 2.00 bits per heavy atom. The minimum atomic E-state index is -0.736. The van der Waals surface area contributed by atoms with Gasteiger partial charge in [-0.2, -0.15) is 0 Å². The topological polar surface area (TPSA) is 98.0 Å². The fourth-order valence-electron chi connectivity index (χ4n) is 1.21. The van der Waals surface area contributed by atoms with Gasteiger partial charge in [0.25, 0.3) is 5.91 Å². The van der Waals surface area contributed by atoms with Gasteiger partial charge in [0.05, 0.1) is 12.4 Å². The Hall–Kier alpha value is -1.69. The molecule has 7 heteroatoms. The van der Waals surface area contributed by atoms with Gasteiger partial charge in [0.2, 0.25) is 5.91 Å². The summed E-state index contributed by atoms with van der Waals surface area (Å²) in [4.78, 5) is 30.3. The molecule has 6 nitrogen and oxygen atoms in total. The van der Waals surface area contributed by atoms with Crippen LogP contribution in [-0.2, 0) is 4.79 Å². The van der Waals surface area contributed by atoms with Crippen molar-refractivity contribution < 1.29 is 9.59 Å². The van der Waals surface area contributed by atoms with Crippen LogP contribution in [0.3, 0.4) is 0 Å². The van der Waals surface area contributed by atoms with Crippen LogP contribution >= 0.6 is 11.6 Å². The van der Waals surface area contributed by atoms with Crippen molar-refractivity contribution >= 4 is 23.4 Å². The number of hydrogen-bond acceptors (Lipinski definition) is 4. The summed E-state index contributed by atoms with van der Waals surface area (Å²) >= 11 is 5.54. The summed E-state index contributed by atoms with van der Waals surface area (Å²) < 4.78 is 0. The maximum Gasteiger partial charge on any atom is 0.272 e. The van der Waals surface area contributed by atoms with Crippen molar-refractivity contribution in [2.45, 2.75) is 19.9 Å². The third-order valence-corrected chi connectivity index (χ3v) is 2.31. The van der Waals surface area contributed by atoms with Gasteiger partial charge in [-0.05, 0) is 5.92 Å². The highest BCUT2D eigenvalue weighted by atomic mass is 35.5. The molecule has 1 aromatic heterocycles. The zero-order valence-corrected chi connectivity index (χ0v) is 10.2. The fourth-order valence-corrected chi connectivity index (χ4v) is 1.31. The minimum Gasteiger partial charge on any atom is -0.368 e. The van der Waals surface area contributed by atoms with E-state index in [4.69, 9.17) is 17.3 Å². The molecule has 3 N–H and O–H groups in total. The molecule has 0 saturated carbocycles. The molecule has 0 aromatic carbocycles. The number of halogens is 1. The molecule has 1 atom stereocenters. The molecule has 1 heterocycles. The number of carbonyl (C=O) groups excluding carboxylic acids is 2. The average Bonchev–Trinajstić information content (AvgIpc) is 2.25. The lowest BCUT2D eigenvalue weighted by Crippen LogP contribution is -2.47. The lowest BCUT2D eigenvalue weighted by Gasteiger charge is -2.18. The van der Waals surface area contributed by atoms with Gasteiger partial charge in [-0.15, -0.1) is 0 Å². The second kappa shape index (κ2) is 5.58.